The van der Waals surface area contributed by atoms with E-state index in [4.69, 9.17) is 4.42 Å². The number of hydrogen-bond donors (Lipinski definition) is 2. The summed E-state index contributed by atoms with van der Waals surface area (Å²) in [5.74, 6) is 0.605. The molecule has 0 atom stereocenters. The fourth-order valence-electron chi connectivity index (χ4n) is 2.86. The van der Waals surface area contributed by atoms with Crippen molar-refractivity contribution in [2.45, 2.75) is 13.8 Å². The fourth-order valence-corrected chi connectivity index (χ4v) is 2.86. The lowest BCUT2D eigenvalue weighted by Crippen LogP contribution is -1.85. The van der Waals surface area contributed by atoms with E-state index in [0.717, 1.165) is 16.6 Å². The van der Waals surface area contributed by atoms with Gasteiger partial charge in [-0.1, -0.05) is 18.2 Å². The predicted molar refractivity (Wildman–Crippen MR) is 106 cm³/mol. The Hall–Kier alpha value is -3.60. The molecule has 5 heteroatoms. The number of aliphatic imine (C=N–C) groups is 1. The number of aryl methyl sites for hydroxylation is 2. The molecule has 4 rings (SSSR count). The summed E-state index contributed by atoms with van der Waals surface area (Å²) in [6.45, 7) is 3.82. The number of nitrogens with zero attached hydrogens (tertiary/aromatic N) is 2. The average molecular weight is 358 g/mol. The van der Waals surface area contributed by atoms with Gasteiger partial charge >= 0.3 is 0 Å². The standard InChI is InChI=1S/C22H18N2O3/c1-13-6-9-20-18(10-13)24-22(27-20)17-11-16(7-8-19(17)25)23-12-15-5-3-4-14(2)21(15)26/h3-12,25-26H,1-2H3. The maximum absolute atomic E-state index is 10.2. The quantitative estimate of drug-likeness (QED) is 0.489. The van der Waals surface area contributed by atoms with Gasteiger partial charge in [0.15, 0.2) is 5.58 Å². The second-order valence-electron chi connectivity index (χ2n) is 6.46. The van der Waals surface area contributed by atoms with Crippen molar-refractivity contribution in [3.63, 3.8) is 0 Å². The Morgan fingerprint density at radius 1 is 1.00 bits per heavy atom. The van der Waals surface area contributed by atoms with Gasteiger partial charge in [-0.2, -0.15) is 0 Å². The highest BCUT2D eigenvalue weighted by Gasteiger charge is 2.13. The predicted octanol–water partition coefficient (Wildman–Crippen LogP) is 5.27. The van der Waals surface area contributed by atoms with Gasteiger partial charge in [0, 0.05) is 11.8 Å². The highest BCUT2D eigenvalue weighted by Crippen LogP contribution is 2.34. The minimum absolute atomic E-state index is 0.0654. The summed E-state index contributed by atoms with van der Waals surface area (Å²) in [6, 6.07) is 16.2. The molecule has 0 bridgehead atoms. The Kier molecular flexibility index (Phi) is 4.12. The van der Waals surface area contributed by atoms with Crippen LogP contribution in [-0.2, 0) is 0 Å². The topological polar surface area (TPSA) is 78.9 Å². The van der Waals surface area contributed by atoms with Crippen LogP contribution >= 0.6 is 0 Å². The SMILES string of the molecule is Cc1ccc2oc(-c3cc(N=Cc4cccc(C)c4O)ccc3O)nc2c1. The molecule has 3 aromatic carbocycles. The average Bonchev–Trinajstić information content (AvgIpc) is 3.07. The number of aromatic hydroxyl groups is 2. The van der Waals surface area contributed by atoms with Crippen LogP contribution < -0.4 is 0 Å². The third kappa shape index (κ3) is 3.27. The van der Waals surface area contributed by atoms with Crippen molar-refractivity contribution in [3.05, 3.63) is 71.3 Å². The van der Waals surface area contributed by atoms with E-state index in [1.807, 2.05) is 44.2 Å². The molecule has 0 unspecified atom stereocenters. The van der Waals surface area contributed by atoms with Crippen LogP contribution in [0.4, 0.5) is 5.69 Å². The van der Waals surface area contributed by atoms with Gasteiger partial charge in [0.1, 0.15) is 17.0 Å². The lowest BCUT2D eigenvalue weighted by molar-refractivity contribution is 0.470. The van der Waals surface area contributed by atoms with Crippen LogP contribution in [0.2, 0.25) is 0 Å². The molecule has 0 fully saturated rings. The molecule has 0 spiro atoms. The lowest BCUT2D eigenvalue weighted by atomic mass is 10.1. The summed E-state index contributed by atoms with van der Waals surface area (Å²) in [7, 11) is 0. The molecule has 1 aromatic heterocycles. The molecule has 0 aliphatic heterocycles. The van der Waals surface area contributed by atoms with Crippen molar-refractivity contribution in [1.82, 2.24) is 4.98 Å². The van der Waals surface area contributed by atoms with E-state index < -0.39 is 0 Å². The number of aromatic nitrogens is 1. The maximum atomic E-state index is 10.2. The smallest absolute Gasteiger partial charge is 0.231 e. The number of phenols is 2. The van der Waals surface area contributed by atoms with Crippen molar-refractivity contribution < 1.29 is 14.6 Å². The van der Waals surface area contributed by atoms with Gasteiger partial charge in [0.2, 0.25) is 5.89 Å². The first-order valence-electron chi connectivity index (χ1n) is 8.54. The molecular formula is C22H18N2O3. The summed E-state index contributed by atoms with van der Waals surface area (Å²) in [5.41, 5.74) is 4.97. The minimum atomic E-state index is 0.0654. The summed E-state index contributed by atoms with van der Waals surface area (Å²) in [6.07, 6.45) is 1.59. The Balaban J connectivity index is 1.72. The normalized spacial score (nSPS) is 11.5. The van der Waals surface area contributed by atoms with Crippen LogP contribution in [0.3, 0.4) is 0 Å². The largest absolute Gasteiger partial charge is 0.507 e. The molecule has 0 amide bonds. The van der Waals surface area contributed by atoms with Gasteiger partial charge in [0.25, 0.3) is 0 Å². The third-order valence-corrected chi connectivity index (χ3v) is 4.38. The highest BCUT2D eigenvalue weighted by atomic mass is 16.3. The van der Waals surface area contributed by atoms with Crippen LogP contribution in [0.15, 0.2) is 64.0 Å². The lowest BCUT2D eigenvalue weighted by Gasteiger charge is -2.03. The zero-order valence-electron chi connectivity index (χ0n) is 15.0. The summed E-state index contributed by atoms with van der Waals surface area (Å²) in [5, 5.41) is 20.3. The molecule has 0 aliphatic rings. The molecule has 0 radical (unpaired) electrons. The number of rotatable bonds is 3. The minimum Gasteiger partial charge on any atom is -0.507 e. The number of para-hydroxylation sites is 1. The number of phenolic OH excluding ortho intramolecular Hbond substituents is 2. The molecular weight excluding hydrogens is 340 g/mol. The summed E-state index contributed by atoms with van der Waals surface area (Å²) < 4.78 is 5.78. The molecule has 134 valence electrons. The van der Waals surface area contributed by atoms with Crippen LogP contribution in [0.1, 0.15) is 16.7 Å². The van der Waals surface area contributed by atoms with Gasteiger partial charge in [-0.15, -0.1) is 0 Å². The van der Waals surface area contributed by atoms with Gasteiger partial charge in [-0.3, -0.25) is 4.99 Å². The first-order chi connectivity index (χ1) is 13.0. The Morgan fingerprint density at radius 3 is 2.70 bits per heavy atom. The van der Waals surface area contributed by atoms with Crippen LogP contribution in [0.5, 0.6) is 11.5 Å². The number of oxazole rings is 1. The van der Waals surface area contributed by atoms with E-state index in [-0.39, 0.29) is 11.5 Å². The zero-order valence-corrected chi connectivity index (χ0v) is 15.0. The van der Waals surface area contributed by atoms with E-state index in [2.05, 4.69) is 9.98 Å². The summed E-state index contributed by atoms with van der Waals surface area (Å²) in [4.78, 5) is 8.88. The summed E-state index contributed by atoms with van der Waals surface area (Å²) >= 11 is 0. The van der Waals surface area contributed by atoms with Crippen molar-refractivity contribution in [3.8, 4) is 23.0 Å². The van der Waals surface area contributed by atoms with E-state index in [0.29, 0.717) is 28.3 Å². The van der Waals surface area contributed by atoms with Gasteiger partial charge in [-0.05, 0) is 61.4 Å². The zero-order chi connectivity index (χ0) is 19.0. The van der Waals surface area contributed by atoms with Crippen molar-refractivity contribution in [2.24, 2.45) is 4.99 Å². The molecule has 4 aromatic rings. The van der Waals surface area contributed by atoms with Gasteiger partial charge in [-0.25, -0.2) is 4.98 Å². The Labute approximate surface area is 156 Å². The molecule has 2 N–H and O–H groups in total. The first-order valence-corrected chi connectivity index (χ1v) is 8.54. The van der Waals surface area contributed by atoms with Crippen LogP contribution in [-0.4, -0.2) is 21.4 Å². The highest BCUT2D eigenvalue weighted by molar-refractivity contribution is 5.86. The Morgan fingerprint density at radius 2 is 1.85 bits per heavy atom. The van der Waals surface area contributed by atoms with Crippen molar-refractivity contribution >= 4 is 23.0 Å². The van der Waals surface area contributed by atoms with Gasteiger partial charge < -0.3 is 14.6 Å². The number of benzene rings is 3. The maximum Gasteiger partial charge on any atom is 0.231 e. The van der Waals surface area contributed by atoms with E-state index in [1.54, 1.807) is 30.5 Å². The molecule has 0 saturated heterocycles. The fraction of sp³-hybridized carbons (Fsp3) is 0.0909. The van der Waals surface area contributed by atoms with Crippen molar-refractivity contribution in [2.75, 3.05) is 0 Å². The van der Waals surface area contributed by atoms with E-state index in [1.165, 1.54) is 0 Å². The number of hydrogen-bond acceptors (Lipinski definition) is 5. The molecule has 27 heavy (non-hydrogen) atoms. The third-order valence-electron chi connectivity index (χ3n) is 4.38. The van der Waals surface area contributed by atoms with Crippen LogP contribution in [0.25, 0.3) is 22.6 Å². The Bertz CT molecular complexity index is 1180. The van der Waals surface area contributed by atoms with Crippen molar-refractivity contribution in [1.29, 1.82) is 0 Å². The second-order valence-corrected chi connectivity index (χ2v) is 6.46. The number of fused-ring (bicyclic) bond motifs is 1. The van der Waals surface area contributed by atoms with Crippen LogP contribution in [0, 0.1) is 13.8 Å². The monoisotopic (exact) mass is 358 g/mol. The molecule has 1 heterocycles. The molecule has 5 nitrogen and oxygen atoms in total. The molecule has 0 aliphatic carbocycles. The van der Waals surface area contributed by atoms with E-state index in [9.17, 15) is 10.2 Å². The van der Waals surface area contributed by atoms with E-state index >= 15 is 0 Å². The first kappa shape index (κ1) is 16.8. The second kappa shape index (κ2) is 6.61. The molecule has 0 saturated carbocycles. The van der Waals surface area contributed by atoms with Gasteiger partial charge in [0.05, 0.1) is 11.3 Å².